The smallest absolute Gasteiger partial charge is 0.0375 e. The molecule has 1 heteroatoms. The van der Waals surface area contributed by atoms with E-state index >= 15 is 0 Å². The molecule has 1 atom stereocenters. The molecule has 1 rings (SSSR count). The molecule has 1 N–H and O–H groups in total. The molecule has 0 bridgehead atoms. The van der Waals surface area contributed by atoms with E-state index in [0.717, 1.165) is 6.54 Å². The van der Waals surface area contributed by atoms with Crippen molar-refractivity contribution in [2.24, 2.45) is 5.92 Å². The van der Waals surface area contributed by atoms with Crippen LogP contribution in [0.5, 0.6) is 0 Å². The molecule has 0 aliphatic carbocycles. The zero-order valence-corrected chi connectivity index (χ0v) is 9.96. The molecular weight excluding hydrogens is 182 g/mol. The number of benzene rings is 1. The Morgan fingerprint density at radius 3 is 2.47 bits per heavy atom. The van der Waals surface area contributed by atoms with Gasteiger partial charge in [-0.15, -0.1) is 0 Å². The van der Waals surface area contributed by atoms with Crippen molar-refractivity contribution < 1.29 is 0 Å². The Labute approximate surface area is 93.2 Å². The van der Waals surface area contributed by atoms with Gasteiger partial charge < -0.3 is 5.32 Å². The van der Waals surface area contributed by atoms with E-state index in [1.807, 2.05) is 0 Å². The zero-order chi connectivity index (χ0) is 11.1. The van der Waals surface area contributed by atoms with Gasteiger partial charge in [0.05, 0.1) is 0 Å². The molecule has 0 heterocycles. The molecule has 0 aromatic heterocycles. The molecule has 0 aliphatic rings. The summed E-state index contributed by atoms with van der Waals surface area (Å²) in [6, 6.07) is 10.5. The predicted molar refractivity (Wildman–Crippen MR) is 67.6 cm³/mol. The van der Waals surface area contributed by atoms with Crippen LogP contribution in [0.2, 0.25) is 0 Å². The van der Waals surface area contributed by atoms with E-state index in [-0.39, 0.29) is 0 Å². The van der Waals surface area contributed by atoms with Crippen molar-refractivity contribution in [1.29, 1.82) is 0 Å². The molecule has 0 radical (unpaired) electrons. The first kappa shape index (κ1) is 11.8. The fourth-order valence-electron chi connectivity index (χ4n) is 1.47. The second kappa shape index (κ2) is 6.28. The highest BCUT2D eigenvalue weighted by molar-refractivity contribution is 5.63. The van der Waals surface area contributed by atoms with Gasteiger partial charge in [0.25, 0.3) is 0 Å². The molecule has 1 aromatic carbocycles. The van der Waals surface area contributed by atoms with Gasteiger partial charge in [0, 0.05) is 12.2 Å². The Balaban J connectivity index is 2.88. The molecule has 1 nitrogen and oxygen atoms in total. The quantitative estimate of drug-likeness (QED) is 0.769. The highest BCUT2D eigenvalue weighted by Crippen LogP contribution is 2.15. The fourth-order valence-corrected chi connectivity index (χ4v) is 1.47. The van der Waals surface area contributed by atoms with Gasteiger partial charge in [-0.25, -0.2) is 0 Å². The fraction of sp³-hybridized carbons (Fsp3) is 0.429. The van der Waals surface area contributed by atoms with Gasteiger partial charge in [-0.1, -0.05) is 56.7 Å². The maximum Gasteiger partial charge on any atom is 0.0375 e. The third-order valence-electron chi connectivity index (χ3n) is 2.55. The summed E-state index contributed by atoms with van der Waals surface area (Å²) in [6.45, 7) is 7.57. The van der Waals surface area contributed by atoms with Crippen LogP contribution >= 0.6 is 0 Å². The van der Waals surface area contributed by atoms with E-state index in [0.29, 0.717) is 5.92 Å². The van der Waals surface area contributed by atoms with Crippen molar-refractivity contribution in [3.05, 3.63) is 42.0 Å². The van der Waals surface area contributed by atoms with Crippen molar-refractivity contribution in [3.63, 3.8) is 0 Å². The lowest BCUT2D eigenvalue weighted by Crippen LogP contribution is -2.12. The van der Waals surface area contributed by atoms with Gasteiger partial charge in [0.2, 0.25) is 0 Å². The SMILES string of the molecule is CCN/C(=C\C(C)CC)c1ccccc1. The average molecular weight is 203 g/mol. The summed E-state index contributed by atoms with van der Waals surface area (Å²) >= 11 is 0. The molecule has 0 aliphatic heterocycles. The largest absolute Gasteiger partial charge is 0.385 e. The van der Waals surface area contributed by atoms with E-state index in [9.17, 15) is 0 Å². The van der Waals surface area contributed by atoms with E-state index in [2.05, 4.69) is 62.5 Å². The van der Waals surface area contributed by atoms with Crippen molar-refractivity contribution in [1.82, 2.24) is 5.32 Å². The third kappa shape index (κ3) is 3.78. The Morgan fingerprint density at radius 1 is 1.27 bits per heavy atom. The topological polar surface area (TPSA) is 12.0 Å². The minimum atomic E-state index is 0.624. The van der Waals surface area contributed by atoms with Gasteiger partial charge in [-0.05, 0) is 18.4 Å². The maximum absolute atomic E-state index is 3.43. The van der Waals surface area contributed by atoms with Crippen LogP contribution in [-0.2, 0) is 0 Å². The molecular formula is C14H21N. The third-order valence-corrected chi connectivity index (χ3v) is 2.55. The van der Waals surface area contributed by atoms with Gasteiger partial charge in [0.1, 0.15) is 0 Å². The number of hydrogen-bond acceptors (Lipinski definition) is 1. The minimum Gasteiger partial charge on any atom is -0.385 e. The van der Waals surface area contributed by atoms with Crippen LogP contribution in [0.4, 0.5) is 0 Å². The average Bonchev–Trinajstić information content (AvgIpc) is 2.29. The Hall–Kier alpha value is -1.24. The number of nitrogens with one attached hydrogen (secondary N) is 1. The second-order valence-corrected chi connectivity index (χ2v) is 3.86. The van der Waals surface area contributed by atoms with Crippen LogP contribution in [0.15, 0.2) is 36.4 Å². The van der Waals surface area contributed by atoms with Crippen LogP contribution in [0.1, 0.15) is 32.8 Å². The molecule has 1 aromatic rings. The summed E-state index contributed by atoms with van der Waals surface area (Å²) in [4.78, 5) is 0. The first-order chi connectivity index (χ1) is 7.27. The number of hydrogen-bond donors (Lipinski definition) is 1. The Morgan fingerprint density at radius 2 is 1.93 bits per heavy atom. The van der Waals surface area contributed by atoms with E-state index in [1.165, 1.54) is 17.7 Å². The summed E-state index contributed by atoms with van der Waals surface area (Å²) in [5.41, 5.74) is 2.53. The highest BCUT2D eigenvalue weighted by atomic mass is 14.9. The summed E-state index contributed by atoms with van der Waals surface area (Å²) < 4.78 is 0. The lowest BCUT2D eigenvalue weighted by Gasteiger charge is -2.12. The highest BCUT2D eigenvalue weighted by Gasteiger charge is 2.01. The first-order valence-electron chi connectivity index (χ1n) is 5.79. The standard InChI is InChI=1S/C14H21N/c1-4-12(3)11-14(15-5-2)13-9-7-6-8-10-13/h6-12,15H,4-5H2,1-3H3/b14-11-. The maximum atomic E-state index is 3.43. The molecule has 1 unspecified atom stereocenters. The normalized spacial score (nSPS) is 13.7. The van der Waals surface area contributed by atoms with Crippen molar-refractivity contribution >= 4 is 5.70 Å². The lowest BCUT2D eigenvalue weighted by molar-refractivity contribution is 0.695. The summed E-state index contributed by atoms with van der Waals surface area (Å²) in [5.74, 6) is 0.624. The zero-order valence-electron chi connectivity index (χ0n) is 9.96. The van der Waals surface area contributed by atoms with Gasteiger partial charge in [-0.3, -0.25) is 0 Å². The molecule has 15 heavy (non-hydrogen) atoms. The monoisotopic (exact) mass is 203 g/mol. The van der Waals surface area contributed by atoms with Crippen LogP contribution in [0, 0.1) is 5.92 Å². The van der Waals surface area contributed by atoms with Crippen LogP contribution in [0.3, 0.4) is 0 Å². The predicted octanol–water partition coefficient (Wildman–Crippen LogP) is 3.68. The summed E-state index contributed by atoms with van der Waals surface area (Å²) in [5, 5.41) is 3.43. The Bertz CT molecular complexity index is 300. The van der Waals surface area contributed by atoms with Crippen molar-refractivity contribution in [3.8, 4) is 0 Å². The first-order valence-corrected chi connectivity index (χ1v) is 5.79. The van der Waals surface area contributed by atoms with Gasteiger partial charge in [-0.2, -0.15) is 0 Å². The van der Waals surface area contributed by atoms with Crippen LogP contribution in [-0.4, -0.2) is 6.54 Å². The minimum absolute atomic E-state index is 0.624. The summed E-state index contributed by atoms with van der Waals surface area (Å²) in [6.07, 6.45) is 3.50. The molecule has 0 saturated heterocycles. The lowest BCUT2D eigenvalue weighted by atomic mass is 10.0. The number of allylic oxidation sites excluding steroid dienone is 1. The van der Waals surface area contributed by atoms with E-state index in [4.69, 9.17) is 0 Å². The second-order valence-electron chi connectivity index (χ2n) is 3.86. The molecule has 0 spiro atoms. The Kier molecular flexibility index (Phi) is 4.96. The van der Waals surface area contributed by atoms with Crippen LogP contribution < -0.4 is 5.32 Å². The van der Waals surface area contributed by atoms with Crippen LogP contribution in [0.25, 0.3) is 5.70 Å². The summed E-state index contributed by atoms with van der Waals surface area (Å²) in [7, 11) is 0. The van der Waals surface area contributed by atoms with Gasteiger partial charge >= 0.3 is 0 Å². The molecule has 82 valence electrons. The van der Waals surface area contributed by atoms with Gasteiger partial charge in [0.15, 0.2) is 0 Å². The van der Waals surface area contributed by atoms with Crippen molar-refractivity contribution in [2.75, 3.05) is 6.54 Å². The van der Waals surface area contributed by atoms with E-state index < -0.39 is 0 Å². The number of rotatable bonds is 5. The van der Waals surface area contributed by atoms with Crippen molar-refractivity contribution in [2.45, 2.75) is 27.2 Å². The molecule has 0 saturated carbocycles. The van der Waals surface area contributed by atoms with E-state index in [1.54, 1.807) is 0 Å². The molecule has 0 amide bonds. The molecule has 0 fully saturated rings.